The smallest absolute Gasteiger partial charge is 0.340 e. The van der Waals surface area contributed by atoms with Gasteiger partial charge in [0.1, 0.15) is 0 Å². The van der Waals surface area contributed by atoms with E-state index in [0.717, 1.165) is 11.4 Å². The lowest BCUT2D eigenvalue weighted by atomic mass is 10.2. The number of nitrogens with one attached hydrogen (secondary N) is 1. The summed E-state index contributed by atoms with van der Waals surface area (Å²) in [7, 11) is 0. The molecular weight excluding hydrogens is 348 g/mol. The molecule has 0 spiro atoms. The molecule has 0 saturated carbocycles. The van der Waals surface area contributed by atoms with Gasteiger partial charge in [0.2, 0.25) is 6.79 Å². The Kier molecular flexibility index (Phi) is 5.12. The Morgan fingerprint density at radius 3 is 2.48 bits per heavy atom. The number of carbonyl (C=O) groups is 2. The van der Waals surface area contributed by atoms with Crippen LogP contribution in [-0.4, -0.2) is 29.3 Å². The van der Waals surface area contributed by atoms with Crippen LogP contribution < -0.4 is 14.8 Å². The van der Waals surface area contributed by atoms with Gasteiger partial charge < -0.3 is 24.1 Å². The van der Waals surface area contributed by atoms with E-state index in [1.54, 1.807) is 31.2 Å². The van der Waals surface area contributed by atoms with Crippen molar-refractivity contribution in [3.05, 3.63) is 41.2 Å². The molecule has 3 rings (SSSR count). The summed E-state index contributed by atoms with van der Waals surface area (Å²) in [4.78, 5) is 24.9. The minimum absolute atomic E-state index is 0.162. The number of amides is 1. The number of fused-ring (bicyclic) bond motifs is 1. The van der Waals surface area contributed by atoms with E-state index in [9.17, 15) is 9.59 Å². The first-order chi connectivity index (χ1) is 12.8. The van der Waals surface area contributed by atoms with Crippen LogP contribution in [-0.2, 0) is 9.53 Å². The second-order valence-corrected chi connectivity index (χ2v) is 6.85. The quantitative estimate of drug-likeness (QED) is 0.812. The van der Waals surface area contributed by atoms with Crippen molar-refractivity contribution in [3.8, 4) is 11.5 Å². The number of aromatic nitrogens is 1. The first-order valence-electron chi connectivity index (χ1n) is 8.88. The van der Waals surface area contributed by atoms with Crippen LogP contribution in [0.1, 0.15) is 48.6 Å². The molecule has 7 heteroatoms. The number of benzene rings is 1. The van der Waals surface area contributed by atoms with Crippen molar-refractivity contribution in [2.24, 2.45) is 0 Å². The normalized spacial score (nSPS) is 13.6. The Labute approximate surface area is 158 Å². The predicted octanol–water partition coefficient (Wildman–Crippen LogP) is 3.60. The molecule has 0 fully saturated rings. The number of carbonyl (C=O) groups excluding carboxylic acids is 2. The average Bonchev–Trinajstić information content (AvgIpc) is 3.18. The molecule has 144 valence electrons. The summed E-state index contributed by atoms with van der Waals surface area (Å²) in [6, 6.07) is 7.12. The summed E-state index contributed by atoms with van der Waals surface area (Å²) in [5, 5.41) is 2.72. The number of ether oxygens (including phenoxy) is 3. The minimum atomic E-state index is -0.940. The fourth-order valence-electron chi connectivity index (χ4n) is 3.27. The first-order valence-corrected chi connectivity index (χ1v) is 8.88. The molecule has 2 heterocycles. The number of esters is 1. The summed E-state index contributed by atoms with van der Waals surface area (Å²) in [6.45, 7) is 9.63. The number of hydrogen-bond acceptors (Lipinski definition) is 5. The number of rotatable bonds is 5. The van der Waals surface area contributed by atoms with E-state index in [-0.39, 0.29) is 12.8 Å². The summed E-state index contributed by atoms with van der Waals surface area (Å²) < 4.78 is 18.0. The van der Waals surface area contributed by atoms with Gasteiger partial charge in [0.05, 0.1) is 5.56 Å². The molecule has 0 radical (unpaired) electrons. The lowest BCUT2D eigenvalue weighted by Crippen LogP contribution is -2.30. The van der Waals surface area contributed by atoms with Gasteiger partial charge in [-0.25, -0.2) is 4.79 Å². The largest absolute Gasteiger partial charge is 0.454 e. The van der Waals surface area contributed by atoms with Gasteiger partial charge in [0, 0.05) is 29.2 Å². The molecule has 1 atom stereocenters. The maximum Gasteiger partial charge on any atom is 0.340 e. The highest BCUT2D eigenvalue weighted by atomic mass is 16.7. The van der Waals surface area contributed by atoms with Crippen molar-refractivity contribution < 1.29 is 23.8 Å². The maximum atomic E-state index is 12.5. The number of anilines is 1. The van der Waals surface area contributed by atoms with Crippen molar-refractivity contribution in [1.82, 2.24) is 4.57 Å². The van der Waals surface area contributed by atoms with E-state index in [1.807, 2.05) is 13.8 Å². The number of nitrogens with zero attached hydrogens (tertiary/aromatic N) is 1. The topological polar surface area (TPSA) is 78.8 Å². The van der Waals surface area contributed by atoms with Crippen molar-refractivity contribution in [2.45, 2.75) is 46.8 Å². The summed E-state index contributed by atoms with van der Waals surface area (Å²) in [5.41, 5.74) is 2.83. The van der Waals surface area contributed by atoms with Crippen LogP contribution in [0.4, 0.5) is 5.69 Å². The van der Waals surface area contributed by atoms with Crippen LogP contribution in [0.5, 0.6) is 11.5 Å². The standard InChI is InChI=1S/C20H24N2O5/c1-11(2)22-12(3)8-16(13(22)4)20(24)27-14(5)19(23)21-15-6-7-17-18(9-15)26-10-25-17/h6-9,11,14H,10H2,1-5H3,(H,21,23)/t14-/m1/s1. The molecule has 1 aromatic carbocycles. The summed E-state index contributed by atoms with van der Waals surface area (Å²) in [5.74, 6) is 0.273. The molecule has 1 aliphatic heterocycles. The van der Waals surface area contributed by atoms with Crippen LogP contribution in [0.2, 0.25) is 0 Å². The molecule has 7 nitrogen and oxygen atoms in total. The Morgan fingerprint density at radius 1 is 1.11 bits per heavy atom. The van der Waals surface area contributed by atoms with Gasteiger partial charge >= 0.3 is 5.97 Å². The Balaban J connectivity index is 1.66. The zero-order valence-corrected chi connectivity index (χ0v) is 16.2. The van der Waals surface area contributed by atoms with Crippen LogP contribution in [0.15, 0.2) is 24.3 Å². The molecule has 0 unspecified atom stereocenters. The van der Waals surface area contributed by atoms with Crippen molar-refractivity contribution in [1.29, 1.82) is 0 Å². The van der Waals surface area contributed by atoms with E-state index in [0.29, 0.717) is 22.7 Å². The highest BCUT2D eigenvalue weighted by Gasteiger charge is 2.24. The second kappa shape index (κ2) is 7.34. The Bertz CT molecular complexity index is 885. The number of aryl methyl sites for hydroxylation is 1. The lowest BCUT2D eigenvalue weighted by Gasteiger charge is -2.15. The first kappa shape index (κ1) is 18.8. The molecule has 1 N–H and O–H groups in total. The van der Waals surface area contributed by atoms with E-state index >= 15 is 0 Å². The zero-order chi connectivity index (χ0) is 19.7. The van der Waals surface area contributed by atoms with Gasteiger partial charge in [0.25, 0.3) is 5.91 Å². The molecule has 27 heavy (non-hydrogen) atoms. The van der Waals surface area contributed by atoms with E-state index in [4.69, 9.17) is 14.2 Å². The predicted molar refractivity (Wildman–Crippen MR) is 100 cm³/mol. The van der Waals surface area contributed by atoms with Crippen molar-refractivity contribution in [3.63, 3.8) is 0 Å². The van der Waals surface area contributed by atoms with Crippen LogP contribution in [0.25, 0.3) is 0 Å². The van der Waals surface area contributed by atoms with Crippen LogP contribution >= 0.6 is 0 Å². The molecule has 1 aliphatic rings. The molecule has 2 aromatic rings. The van der Waals surface area contributed by atoms with Crippen molar-refractivity contribution >= 4 is 17.6 Å². The fraction of sp³-hybridized carbons (Fsp3) is 0.400. The molecule has 0 bridgehead atoms. The van der Waals surface area contributed by atoms with Crippen LogP contribution in [0.3, 0.4) is 0 Å². The Morgan fingerprint density at radius 2 is 1.81 bits per heavy atom. The van der Waals surface area contributed by atoms with Gasteiger partial charge in [-0.05, 0) is 52.8 Å². The van der Waals surface area contributed by atoms with Gasteiger partial charge in [-0.15, -0.1) is 0 Å². The third-order valence-electron chi connectivity index (χ3n) is 4.51. The molecular formula is C20H24N2O5. The fourth-order valence-corrected chi connectivity index (χ4v) is 3.27. The zero-order valence-electron chi connectivity index (χ0n) is 16.2. The van der Waals surface area contributed by atoms with Gasteiger partial charge in [-0.2, -0.15) is 0 Å². The monoisotopic (exact) mass is 372 g/mol. The minimum Gasteiger partial charge on any atom is -0.454 e. The lowest BCUT2D eigenvalue weighted by molar-refractivity contribution is -0.123. The maximum absolute atomic E-state index is 12.5. The third kappa shape index (κ3) is 3.77. The SMILES string of the molecule is Cc1cc(C(=O)O[C@H](C)C(=O)Nc2ccc3c(c2)OCO3)c(C)n1C(C)C. The van der Waals surface area contributed by atoms with Gasteiger partial charge in [-0.1, -0.05) is 0 Å². The van der Waals surface area contributed by atoms with E-state index in [1.165, 1.54) is 0 Å². The molecule has 1 amide bonds. The summed E-state index contributed by atoms with van der Waals surface area (Å²) in [6.07, 6.45) is -0.940. The molecule has 1 aromatic heterocycles. The van der Waals surface area contributed by atoms with Crippen LogP contribution in [0, 0.1) is 13.8 Å². The summed E-state index contributed by atoms with van der Waals surface area (Å²) >= 11 is 0. The second-order valence-electron chi connectivity index (χ2n) is 6.85. The third-order valence-corrected chi connectivity index (χ3v) is 4.51. The number of hydrogen-bond donors (Lipinski definition) is 1. The molecule has 0 saturated heterocycles. The van der Waals surface area contributed by atoms with Gasteiger partial charge in [0.15, 0.2) is 17.6 Å². The highest BCUT2D eigenvalue weighted by molar-refractivity contribution is 5.98. The molecule has 0 aliphatic carbocycles. The average molecular weight is 372 g/mol. The van der Waals surface area contributed by atoms with Crippen molar-refractivity contribution in [2.75, 3.05) is 12.1 Å². The highest BCUT2D eigenvalue weighted by Crippen LogP contribution is 2.34. The van der Waals surface area contributed by atoms with E-state index < -0.39 is 18.0 Å². The van der Waals surface area contributed by atoms with Gasteiger partial charge in [-0.3, -0.25) is 4.79 Å². The van der Waals surface area contributed by atoms with E-state index in [2.05, 4.69) is 23.7 Å². The Hall–Kier alpha value is -2.96.